The number of hydrogen-bond acceptors (Lipinski definition) is 3. The Bertz CT molecular complexity index is 629. The molecule has 0 aliphatic carbocycles. The molecule has 1 aromatic carbocycles. The Balaban J connectivity index is 2.58. The van der Waals surface area contributed by atoms with Gasteiger partial charge in [0, 0.05) is 10.6 Å². The van der Waals surface area contributed by atoms with Gasteiger partial charge in [0.15, 0.2) is 5.69 Å². The second-order valence-corrected chi connectivity index (χ2v) is 4.41. The Morgan fingerprint density at radius 3 is 2.56 bits per heavy atom. The topological polar surface area (TPSA) is 76.2 Å². The minimum Gasteiger partial charge on any atom is -0.476 e. The van der Waals surface area contributed by atoms with Gasteiger partial charge >= 0.3 is 5.97 Å². The first-order valence-corrected chi connectivity index (χ1v) is 5.70. The fraction of sp³-hybridized carbons (Fsp3) is 0. The van der Waals surface area contributed by atoms with Gasteiger partial charge in [-0.2, -0.15) is 0 Å². The van der Waals surface area contributed by atoms with Crippen LogP contribution >= 0.6 is 23.2 Å². The van der Waals surface area contributed by atoms with Gasteiger partial charge in [0.05, 0.1) is 16.4 Å². The third-order valence-electron chi connectivity index (χ3n) is 2.34. The monoisotopic (exact) mass is 282 g/mol. The summed E-state index contributed by atoms with van der Waals surface area (Å²) >= 11 is 11.8. The third kappa shape index (κ3) is 2.39. The third-order valence-corrected chi connectivity index (χ3v) is 2.88. The quantitative estimate of drug-likeness (QED) is 0.886. The number of nitrogens with zero attached hydrogens (tertiary/aromatic N) is 1. The van der Waals surface area contributed by atoms with E-state index < -0.39 is 5.97 Å². The lowest BCUT2D eigenvalue weighted by Gasteiger charge is -2.06. The van der Waals surface area contributed by atoms with Crippen molar-refractivity contribution in [2.45, 2.75) is 0 Å². The smallest absolute Gasteiger partial charge is 0.356 e. The average Bonchev–Trinajstić information content (AvgIpc) is 2.30. The first kappa shape index (κ1) is 12.7. The van der Waals surface area contributed by atoms with Gasteiger partial charge in [0.1, 0.15) is 0 Å². The van der Waals surface area contributed by atoms with Gasteiger partial charge in [0.25, 0.3) is 0 Å². The number of hydrogen-bond donors (Lipinski definition) is 2. The summed E-state index contributed by atoms with van der Waals surface area (Å²) in [5, 5.41) is 9.85. The van der Waals surface area contributed by atoms with Crippen molar-refractivity contribution in [3.05, 3.63) is 46.1 Å². The zero-order valence-electron chi connectivity index (χ0n) is 9.02. The molecular formula is C12H8Cl2N2O2. The summed E-state index contributed by atoms with van der Waals surface area (Å²) in [5.74, 6) is -1.18. The normalized spacial score (nSPS) is 10.3. The number of pyridine rings is 1. The largest absolute Gasteiger partial charge is 0.476 e. The lowest BCUT2D eigenvalue weighted by atomic mass is 10.1. The highest BCUT2D eigenvalue weighted by Gasteiger charge is 2.13. The van der Waals surface area contributed by atoms with Gasteiger partial charge in [-0.1, -0.05) is 23.2 Å². The van der Waals surface area contributed by atoms with Crippen LogP contribution in [-0.4, -0.2) is 16.1 Å². The summed E-state index contributed by atoms with van der Waals surface area (Å²) in [6.45, 7) is 0. The Labute approximate surface area is 113 Å². The molecule has 18 heavy (non-hydrogen) atoms. The second-order valence-electron chi connectivity index (χ2n) is 3.56. The van der Waals surface area contributed by atoms with Gasteiger partial charge in [-0.05, 0) is 30.3 Å². The maximum absolute atomic E-state index is 10.9. The van der Waals surface area contributed by atoms with E-state index in [1.54, 1.807) is 24.3 Å². The van der Waals surface area contributed by atoms with Crippen molar-refractivity contribution < 1.29 is 9.90 Å². The van der Waals surface area contributed by atoms with Crippen LogP contribution in [-0.2, 0) is 0 Å². The van der Waals surface area contributed by atoms with Crippen molar-refractivity contribution in [3.8, 4) is 11.3 Å². The summed E-state index contributed by atoms with van der Waals surface area (Å²) in [4.78, 5) is 14.9. The summed E-state index contributed by atoms with van der Waals surface area (Å²) < 4.78 is 0. The molecular weight excluding hydrogens is 275 g/mol. The highest BCUT2D eigenvalue weighted by molar-refractivity contribution is 6.36. The van der Waals surface area contributed by atoms with Crippen LogP contribution in [0.4, 0.5) is 5.69 Å². The fourth-order valence-electron chi connectivity index (χ4n) is 1.49. The van der Waals surface area contributed by atoms with Crippen LogP contribution < -0.4 is 5.73 Å². The minimum atomic E-state index is -1.18. The van der Waals surface area contributed by atoms with E-state index >= 15 is 0 Å². The van der Waals surface area contributed by atoms with Crippen molar-refractivity contribution in [1.82, 2.24) is 4.98 Å². The number of nitrogen functional groups attached to an aromatic ring is 1. The van der Waals surface area contributed by atoms with Crippen LogP contribution in [0, 0.1) is 0 Å². The van der Waals surface area contributed by atoms with E-state index in [2.05, 4.69) is 4.98 Å². The Hall–Kier alpha value is -1.78. The van der Waals surface area contributed by atoms with Crippen LogP contribution in [0.1, 0.15) is 10.5 Å². The number of nitrogens with two attached hydrogens (primary N) is 1. The number of aromatic carboxylic acids is 1. The number of halogens is 2. The molecule has 0 saturated heterocycles. The molecule has 2 aromatic rings. The molecule has 0 aliphatic heterocycles. The zero-order chi connectivity index (χ0) is 13.3. The fourth-order valence-corrected chi connectivity index (χ4v) is 1.99. The Morgan fingerprint density at radius 2 is 1.94 bits per heavy atom. The van der Waals surface area contributed by atoms with Crippen molar-refractivity contribution in [3.63, 3.8) is 0 Å². The highest BCUT2D eigenvalue weighted by Crippen LogP contribution is 2.30. The number of carbonyl (C=O) groups is 1. The molecule has 0 radical (unpaired) electrons. The van der Waals surface area contributed by atoms with E-state index in [0.29, 0.717) is 21.3 Å². The maximum Gasteiger partial charge on any atom is 0.356 e. The number of benzene rings is 1. The van der Waals surface area contributed by atoms with Crippen LogP contribution in [0.2, 0.25) is 10.0 Å². The van der Waals surface area contributed by atoms with Crippen molar-refractivity contribution in [2.75, 3.05) is 5.73 Å². The molecule has 2 rings (SSSR count). The maximum atomic E-state index is 10.9. The number of carboxylic acids is 1. The van der Waals surface area contributed by atoms with E-state index in [0.717, 1.165) is 0 Å². The summed E-state index contributed by atoms with van der Waals surface area (Å²) in [7, 11) is 0. The van der Waals surface area contributed by atoms with E-state index in [1.807, 2.05) is 0 Å². The van der Waals surface area contributed by atoms with E-state index in [4.69, 9.17) is 34.0 Å². The molecule has 0 amide bonds. The molecule has 0 atom stereocenters. The highest BCUT2D eigenvalue weighted by atomic mass is 35.5. The molecule has 0 spiro atoms. The Kier molecular flexibility index (Phi) is 3.41. The standard InChI is InChI=1S/C12H8Cl2N2O2/c13-6-1-2-7(8(14)5-6)10-4-3-9(15)11(16-10)12(17)18/h1-5H,15H2,(H,17,18). The predicted molar refractivity (Wildman–Crippen MR) is 71.1 cm³/mol. The zero-order valence-corrected chi connectivity index (χ0v) is 10.5. The van der Waals surface area contributed by atoms with Crippen molar-refractivity contribution in [2.24, 2.45) is 0 Å². The lowest BCUT2D eigenvalue weighted by molar-refractivity contribution is 0.0692. The molecule has 0 unspecified atom stereocenters. The van der Waals surface area contributed by atoms with Gasteiger partial charge in [0.2, 0.25) is 0 Å². The first-order chi connectivity index (χ1) is 8.49. The van der Waals surface area contributed by atoms with Gasteiger partial charge < -0.3 is 10.8 Å². The molecule has 0 bridgehead atoms. The second kappa shape index (κ2) is 4.84. The van der Waals surface area contributed by atoms with E-state index in [-0.39, 0.29) is 11.4 Å². The van der Waals surface area contributed by atoms with Gasteiger partial charge in [-0.25, -0.2) is 9.78 Å². The summed E-state index contributed by atoms with van der Waals surface area (Å²) in [5.41, 5.74) is 6.48. The SMILES string of the molecule is Nc1ccc(-c2ccc(Cl)cc2Cl)nc1C(=O)O. The molecule has 1 aromatic heterocycles. The van der Waals surface area contributed by atoms with E-state index in [1.165, 1.54) is 6.07 Å². The number of anilines is 1. The first-order valence-electron chi connectivity index (χ1n) is 4.94. The average molecular weight is 283 g/mol. The van der Waals surface area contributed by atoms with E-state index in [9.17, 15) is 4.79 Å². The van der Waals surface area contributed by atoms with Crippen LogP contribution in [0.15, 0.2) is 30.3 Å². The number of aromatic nitrogens is 1. The molecule has 0 saturated carbocycles. The molecule has 3 N–H and O–H groups in total. The molecule has 6 heteroatoms. The van der Waals surface area contributed by atoms with Crippen LogP contribution in [0.3, 0.4) is 0 Å². The van der Waals surface area contributed by atoms with Crippen LogP contribution in [0.25, 0.3) is 11.3 Å². The molecule has 4 nitrogen and oxygen atoms in total. The molecule has 0 fully saturated rings. The summed E-state index contributed by atoms with van der Waals surface area (Å²) in [6, 6.07) is 7.99. The number of rotatable bonds is 2. The van der Waals surface area contributed by atoms with Crippen LogP contribution in [0.5, 0.6) is 0 Å². The van der Waals surface area contributed by atoms with Gasteiger partial charge in [-0.15, -0.1) is 0 Å². The lowest BCUT2D eigenvalue weighted by Crippen LogP contribution is -2.06. The van der Waals surface area contributed by atoms with Gasteiger partial charge in [-0.3, -0.25) is 0 Å². The number of carboxylic acid groups (broad SMARTS) is 1. The molecule has 0 aliphatic rings. The van der Waals surface area contributed by atoms with Crippen molar-refractivity contribution >= 4 is 34.9 Å². The minimum absolute atomic E-state index is 0.108. The molecule has 92 valence electrons. The Morgan fingerprint density at radius 1 is 1.22 bits per heavy atom. The summed E-state index contributed by atoms with van der Waals surface area (Å²) in [6.07, 6.45) is 0. The van der Waals surface area contributed by atoms with Crippen molar-refractivity contribution in [1.29, 1.82) is 0 Å². The molecule has 1 heterocycles. The predicted octanol–water partition coefficient (Wildman–Crippen LogP) is 3.34.